The third-order valence-electron chi connectivity index (χ3n) is 1.70. The van der Waals surface area contributed by atoms with Gasteiger partial charge in [-0.05, 0) is 6.42 Å². The molecular formula is C9H19N3O3. The van der Waals surface area contributed by atoms with Gasteiger partial charge in [-0.25, -0.2) is 0 Å². The lowest BCUT2D eigenvalue weighted by atomic mass is 10.3. The van der Waals surface area contributed by atoms with Gasteiger partial charge in [-0.15, -0.1) is 0 Å². The van der Waals surface area contributed by atoms with Crippen LogP contribution in [0, 0.1) is 5.41 Å². The molecule has 1 unspecified atom stereocenters. The quantitative estimate of drug-likeness (QED) is 0.157. The van der Waals surface area contributed by atoms with E-state index < -0.39 is 6.23 Å². The van der Waals surface area contributed by atoms with Crippen LogP contribution in [0.3, 0.4) is 0 Å². The van der Waals surface area contributed by atoms with Crippen LogP contribution in [-0.2, 0) is 9.53 Å². The van der Waals surface area contributed by atoms with Gasteiger partial charge in [-0.2, -0.15) is 0 Å². The first kappa shape index (κ1) is 13.7. The predicted molar refractivity (Wildman–Crippen MR) is 56.2 cm³/mol. The van der Waals surface area contributed by atoms with Crippen LogP contribution in [0.15, 0.2) is 0 Å². The molecule has 0 spiro atoms. The number of esters is 1. The zero-order valence-electron chi connectivity index (χ0n) is 8.95. The number of aliphatic hydroxyl groups excluding tert-OH is 1. The van der Waals surface area contributed by atoms with Crippen molar-refractivity contribution in [1.82, 2.24) is 5.32 Å². The van der Waals surface area contributed by atoms with Crippen molar-refractivity contribution < 1.29 is 14.6 Å². The van der Waals surface area contributed by atoms with Gasteiger partial charge in [0.25, 0.3) is 0 Å². The molecule has 6 nitrogen and oxygen atoms in total. The number of unbranched alkanes of at least 4 members (excludes halogenated alkanes) is 1. The number of ether oxygens (including phenoxy) is 1. The van der Waals surface area contributed by atoms with E-state index in [-0.39, 0.29) is 24.8 Å². The second kappa shape index (κ2) is 8.05. The summed E-state index contributed by atoms with van der Waals surface area (Å²) in [7, 11) is 0. The first-order chi connectivity index (χ1) is 7.06. The predicted octanol–water partition coefficient (Wildman–Crippen LogP) is -0.0886. The van der Waals surface area contributed by atoms with Gasteiger partial charge in [-0.1, -0.05) is 13.3 Å². The molecule has 0 amide bonds. The van der Waals surface area contributed by atoms with Gasteiger partial charge >= 0.3 is 5.97 Å². The Morgan fingerprint density at radius 2 is 2.33 bits per heavy atom. The highest BCUT2D eigenvalue weighted by Gasteiger charge is 2.08. The van der Waals surface area contributed by atoms with Crippen LogP contribution in [0.2, 0.25) is 0 Å². The molecule has 0 heterocycles. The van der Waals surface area contributed by atoms with Gasteiger partial charge in [0.15, 0.2) is 5.96 Å². The normalized spacial score (nSPS) is 11.9. The van der Waals surface area contributed by atoms with Crippen molar-refractivity contribution in [2.75, 3.05) is 6.61 Å². The minimum atomic E-state index is -0.971. The van der Waals surface area contributed by atoms with E-state index >= 15 is 0 Å². The van der Waals surface area contributed by atoms with Crippen LogP contribution in [0.5, 0.6) is 0 Å². The summed E-state index contributed by atoms with van der Waals surface area (Å²) < 4.78 is 4.88. The molecule has 0 aliphatic heterocycles. The standard InChI is InChI=1S/C9H19N3O3/c1-2-3-6-15-8(14)5-4-7(13)12-9(10)11/h7,13H,2-6H2,1H3,(H4,10,11,12). The average molecular weight is 217 g/mol. The summed E-state index contributed by atoms with van der Waals surface area (Å²) in [5, 5.41) is 18.3. The molecule has 0 aromatic carbocycles. The van der Waals surface area contributed by atoms with E-state index in [2.05, 4.69) is 5.32 Å². The van der Waals surface area contributed by atoms with E-state index in [4.69, 9.17) is 15.9 Å². The molecule has 15 heavy (non-hydrogen) atoms. The lowest BCUT2D eigenvalue weighted by molar-refractivity contribution is -0.144. The Morgan fingerprint density at radius 1 is 1.67 bits per heavy atom. The highest BCUT2D eigenvalue weighted by molar-refractivity contribution is 5.74. The molecule has 0 aromatic rings. The fourth-order valence-electron chi connectivity index (χ4n) is 0.909. The molecule has 0 aliphatic carbocycles. The van der Waals surface area contributed by atoms with Crippen LogP contribution < -0.4 is 11.1 Å². The molecule has 0 aliphatic rings. The number of aliphatic hydroxyl groups is 1. The number of hydrogen-bond donors (Lipinski definition) is 4. The van der Waals surface area contributed by atoms with Crippen molar-refractivity contribution >= 4 is 11.9 Å². The van der Waals surface area contributed by atoms with E-state index in [1.807, 2.05) is 6.92 Å². The number of hydrogen-bond acceptors (Lipinski definition) is 4. The summed E-state index contributed by atoms with van der Waals surface area (Å²) in [6.07, 6.45) is 1.15. The number of nitrogens with two attached hydrogens (primary N) is 1. The van der Waals surface area contributed by atoms with Gasteiger partial charge in [0.1, 0.15) is 6.23 Å². The largest absolute Gasteiger partial charge is 0.466 e. The molecule has 0 saturated heterocycles. The Hall–Kier alpha value is -1.30. The summed E-state index contributed by atoms with van der Waals surface area (Å²) in [6.45, 7) is 2.43. The highest BCUT2D eigenvalue weighted by Crippen LogP contribution is 1.98. The summed E-state index contributed by atoms with van der Waals surface area (Å²) in [5.74, 6) is -0.658. The summed E-state index contributed by atoms with van der Waals surface area (Å²) in [4.78, 5) is 11.1. The Morgan fingerprint density at radius 3 is 2.87 bits per heavy atom. The minimum Gasteiger partial charge on any atom is -0.466 e. The van der Waals surface area contributed by atoms with Crippen LogP contribution >= 0.6 is 0 Å². The number of rotatable bonds is 7. The molecule has 0 rings (SSSR count). The lowest BCUT2D eigenvalue weighted by Crippen LogP contribution is -2.39. The number of carbonyl (C=O) groups is 1. The molecule has 0 fully saturated rings. The van der Waals surface area contributed by atoms with Gasteiger partial charge in [0.05, 0.1) is 6.61 Å². The van der Waals surface area contributed by atoms with E-state index in [1.165, 1.54) is 0 Å². The van der Waals surface area contributed by atoms with Crippen molar-refractivity contribution in [3.05, 3.63) is 0 Å². The maximum absolute atomic E-state index is 11.1. The number of guanidine groups is 1. The SMILES string of the molecule is CCCCOC(=O)CCC(O)NC(=N)N. The van der Waals surface area contributed by atoms with Crippen molar-refractivity contribution in [3.63, 3.8) is 0 Å². The molecule has 88 valence electrons. The summed E-state index contributed by atoms with van der Waals surface area (Å²) in [5.41, 5.74) is 4.99. The third-order valence-corrected chi connectivity index (χ3v) is 1.70. The van der Waals surface area contributed by atoms with Gasteiger partial charge in [0.2, 0.25) is 0 Å². The van der Waals surface area contributed by atoms with Crippen LogP contribution in [-0.4, -0.2) is 29.9 Å². The Kier molecular flexibility index (Phi) is 7.35. The van der Waals surface area contributed by atoms with Crippen molar-refractivity contribution in [2.45, 2.75) is 38.8 Å². The molecule has 6 heteroatoms. The topological polar surface area (TPSA) is 108 Å². The first-order valence-electron chi connectivity index (χ1n) is 5.00. The molecular weight excluding hydrogens is 198 g/mol. The van der Waals surface area contributed by atoms with Crippen molar-refractivity contribution in [2.24, 2.45) is 5.73 Å². The van der Waals surface area contributed by atoms with E-state index in [0.29, 0.717) is 6.61 Å². The van der Waals surface area contributed by atoms with Crippen LogP contribution in [0.25, 0.3) is 0 Å². The molecule has 0 aromatic heterocycles. The van der Waals surface area contributed by atoms with E-state index in [9.17, 15) is 9.90 Å². The second-order valence-corrected chi connectivity index (χ2v) is 3.19. The third kappa shape index (κ3) is 9.01. The molecule has 0 saturated carbocycles. The Labute approximate surface area is 89.3 Å². The average Bonchev–Trinajstić information content (AvgIpc) is 2.14. The van der Waals surface area contributed by atoms with Crippen molar-refractivity contribution in [1.29, 1.82) is 5.41 Å². The first-order valence-corrected chi connectivity index (χ1v) is 5.00. The summed E-state index contributed by atoms with van der Waals surface area (Å²) >= 11 is 0. The maximum atomic E-state index is 11.1. The van der Waals surface area contributed by atoms with E-state index in [0.717, 1.165) is 12.8 Å². The zero-order valence-corrected chi connectivity index (χ0v) is 8.95. The maximum Gasteiger partial charge on any atom is 0.305 e. The second-order valence-electron chi connectivity index (χ2n) is 3.19. The lowest BCUT2D eigenvalue weighted by Gasteiger charge is -2.11. The zero-order chi connectivity index (χ0) is 11.7. The Balaban J connectivity index is 3.48. The van der Waals surface area contributed by atoms with Gasteiger partial charge in [-0.3, -0.25) is 10.2 Å². The summed E-state index contributed by atoms with van der Waals surface area (Å²) in [6, 6.07) is 0. The van der Waals surface area contributed by atoms with Gasteiger partial charge < -0.3 is 20.9 Å². The molecule has 0 bridgehead atoms. The Bertz CT molecular complexity index is 209. The van der Waals surface area contributed by atoms with Gasteiger partial charge in [0, 0.05) is 12.8 Å². The van der Waals surface area contributed by atoms with Crippen LogP contribution in [0.1, 0.15) is 32.6 Å². The fourth-order valence-corrected chi connectivity index (χ4v) is 0.909. The van der Waals surface area contributed by atoms with Crippen LogP contribution in [0.4, 0.5) is 0 Å². The molecule has 0 radical (unpaired) electrons. The highest BCUT2D eigenvalue weighted by atomic mass is 16.5. The number of nitrogens with one attached hydrogen (secondary N) is 2. The number of carbonyl (C=O) groups excluding carboxylic acids is 1. The minimum absolute atomic E-state index is 0.116. The van der Waals surface area contributed by atoms with E-state index in [1.54, 1.807) is 0 Å². The monoisotopic (exact) mass is 217 g/mol. The molecule has 5 N–H and O–H groups in total. The van der Waals surface area contributed by atoms with Crippen molar-refractivity contribution in [3.8, 4) is 0 Å². The fraction of sp³-hybridized carbons (Fsp3) is 0.778. The molecule has 1 atom stereocenters. The smallest absolute Gasteiger partial charge is 0.305 e.